The molecule has 0 fully saturated rings. The van der Waals surface area contributed by atoms with Gasteiger partial charge in [0.05, 0.1) is 28.2 Å². The summed E-state index contributed by atoms with van der Waals surface area (Å²) in [5, 5.41) is 19.7. The number of thioether (sulfide) groups is 1. The molecule has 0 unspecified atom stereocenters. The summed E-state index contributed by atoms with van der Waals surface area (Å²) in [6.07, 6.45) is 3.48. The Morgan fingerprint density at radius 1 is 1.06 bits per heavy atom. The molecule has 0 aliphatic carbocycles. The number of anilines is 1. The molecule has 1 amide bonds. The number of benzene rings is 3. The second kappa shape index (κ2) is 8.53. The Bertz CT molecular complexity index is 1500. The fraction of sp³-hybridized carbons (Fsp3) is 0.0400. The Kier molecular flexibility index (Phi) is 5.28. The van der Waals surface area contributed by atoms with Crippen molar-refractivity contribution in [1.29, 1.82) is 5.26 Å². The average molecular weight is 436 g/mol. The number of nitrogens with one attached hydrogen (secondary N) is 1. The van der Waals surface area contributed by atoms with Gasteiger partial charge < -0.3 is 5.32 Å². The van der Waals surface area contributed by atoms with Crippen LogP contribution in [0.15, 0.2) is 90.2 Å². The topological polar surface area (TPSA) is 83.1 Å². The molecule has 2 aromatic heterocycles. The van der Waals surface area contributed by atoms with E-state index < -0.39 is 0 Å². The number of aromatic nitrogens is 3. The molecule has 0 saturated heterocycles. The van der Waals surface area contributed by atoms with Crippen LogP contribution in [-0.4, -0.2) is 26.3 Å². The van der Waals surface area contributed by atoms with Crippen molar-refractivity contribution in [2.75, 3.05) is 11.1 Å². The van der Waals surface area contributed by atoms with Crippen LogP contribution in [0.25, 0.3) is 27.5 Å². The van der Waals surface area contributed by atoms with Gasteiger partial charge in [-0.15, -0.1) is 0 Å². The van der Waals surface area contributed by atoms with E-state index in [-0.39, 0.29) is 11.7 Å². The van der Waals surface area contributed by atoms with E-state index in [1.165, 1.54) is 11.8 Å². The number of carbonyl (C=O) groups is 1. The van der Waals surface area contributed by atoms with Crippen molar-refractivity contribution in [3.63, 3.8) is 0 Å². The minimum atomic E-state index is -0.199. The second-order valence-electron chi connectivity index (χ2n) is 7.11. The van der Waals surface area contributed by atoms with Crippen LogP contribution in [0, 0.1) is 11.3 Å². The summed E-state index contributed by atoms with van der Waals surface area (Å²) < 4.78 is 1.79. The molecule has 0 radical (unpaired) electrons. The SMILES string of the molecule is N#Cc1ccccc1NC(=O)CSc1nccn2nc(-c3cccc4ccccc34)cc12. The molecule has 32 heavy (non-hydrogen) atoms. The van der Waals surface area contributed by atoms with Crippen molar-refractivity contribution < 1.29 is 4.79 Å². The summed E-state index contributed by atoms with van der Waals surface area (Å²) in [5.74, 6) is -0.0309. The van der Waals surface area contributed by atoms with Gasteiger partial charge in [0.25, 0.3) is 0 Å². The van der Waals surface area contributed by atoms with Crippen molar-refractivity contribution in [1.82, 2.24) is 14.6 Å². The minimum Gasteiger partial charge on any atom is -0.324 e. The van der Waals surface area contributed by atoms with Gasteiger partial charge in [-0.05, 0) is 29.0 Å². The zero-order valence-electron chi connectivity index (χ0n) is 16.9. The molecule has 0 aliphatic rings. The number of carbonyl (C=O) groups excluding carboxylic acids is 1. The van der Waals surface area contributed by atoms with Crippen LogP contribution in [-0.2, 0) is 4.79 Å². The van der Waals surface area contributed by atoms with E-state index in [4.69, 9.17) is 5.10 Å². The zero-order chi connectivity index (χ0) is 21.9. The molecule has 0 aliphatic heterocycles. The highest BCUT2D eigenvalue weighted by Gasteiger charge is 2.13. The Balaban J connectivity index is 1.40. The van der Waals surface area contributed by atoms with Crippen molar-refractivity contribution in [3.8, 4) is 17.3 Å². The van der Waals surface area contributed by atoms with E-state index in [9.17, 15) is 10.1 Å². The quantitative estimate of drug-likeness (QED) is 0.386. The van der Waals surface area contributed by atoms with E-state index >= 15 is 0 Å². The van der Waals surface area contributed by atoms with Gasteiger partial charge in [0.15, 0.2) is 0 Å². The molecule has 2 heterocycles. The molecular formula is C25H17N5OS. The predicted molar refractivity (Wildman–Crippen MR) is 126 cm³/mol. The second-order valence-corrected chi connectivity index (χ2v) is 8.08. The Morgan fingerprint density at radius 2 is 1.88 bits per heavy atom. The van der Waals surface area contributed by atoms with Crippen molar-refractivity contribution >= 4 is 39.6 Å². The third-order valence-electron chi connectivity index (χ3n) is 5.08. The average Bonchev–Trinajstić information content (AvgIpc) is 3.27. The summed E-state index contributed by atoms with van der Waals surface area (Å²) in [4.78, 5) is 16.9. The lowest BCUT2D eigenvalue weighted by atomic mass is 10.0. The fourth-order valence-corrected chi connectivity index (χ4v) is 4.38. The van der Waals surface area contributed by atoms with E-state index in [1.54, 1.807) is 41.2 Å². The number of hydrogen-bond acceptors (Lipinski definition) is 5. The molecule has 154 valence electrons. The lowest BCUT2D eigenvalue weighted by molar-refractivity contribution is -0.113. The molecule has 5 aromatic rings. The molecule has 0 atom stereocenters. The first-order valence-corrected chi connectivity index (χ1v) is 11.0. The summed E-state index contributed by atoms with van der Waals surface area (Å²) in [6.45, 7) is 0. The highest BCUT2D eigenvalue weighted by Crippen LogP contribution is 2.30. The van der Waals surface area contributed by atoms with Crippen LogP contribution in [0.4, 0.5) is 5.69 Å². The first kappa shape index (κ1) is 19.8. The third-order valence-corrected chi connectivity index (χ3v) is 6.08. The van der Waals surface area contributed by atoms with Gasteiger partial charge in [-0.1, -0.05) is 66.4 Å². The molecule has 3 aromatic carbocycles. The number of para-hydroxylation sites is 1. The van der Waals surface area contributed by atoms with Crippen molar-refractivity contribution in [2.24, 2.45) is 0 Å². The van der Waals surface area contributed by atoms with Crippen LogP contribution in [0.2, 0.25) is 0 Å². The molecule has 0 saturated carbocycles. The third kappa shape index (κ3) is 3.80. The first-order chi connectivity index (χ1) is 15.7. The standard InChI is InChI=1S/C25H17N5OS/c26-15-18-7-2-4-11-21(18)28-24(31)16-32-25-23-14-22(29-30(23)13-12-27-25)20-10-5-8-17-6-1-3-9-19(17)20/h1-14H,16H2,(H,28,31). The maximum absolute atomic E-state index is 12.5. The van der Waals surface area contributed by atoms with Crippen molar-refractivity contribution in [2.45, 2.75) is 5.03 Å². The smallest absolute Gasteiger partial charge is 0.234 e. The molecule has 5 rings (SSSR count). The summed E-state index contributed by atoms with van der Waals surface area (Å²) in [7, 11) is 0. The monoisotopic (exact) mass is 435 g/mol. The van der Waals surface area contributed by atoms with Crippen LogP contribution in [0.1, 0.15) is 5.56 Å². The molecule has 0 spiro atoms. The highest BCUT2D eigenvalue weighted by atomic mass is 32.2. The number of rotatable bonds is 5. The number of nitrogens with zero attached hydrogens (tertiary/aromatic N) is 4. The number of amides is 1. The Labute approximate surface area is 188 Å². The fourth-order valence-electron chi connectivity index (χ4n) is 3.60. The molecular weight excluding hydrogens is 418 g/mol. The van der Waals surface area contributed by atoms with Crippen molar-refractivity contribution in [3.05, 3.63) is 90.8 Å². The van der Waals surface area contributed by atoms with E-state index in [2.05, 4.69) is 40.6 Å². The van der Waals surface area contributed by atoms with E-state index in [0.29, 0.717) is 11.3 Å². The first-order valence-electron chi connectivity index (χ1n) is 9.97. The van der Waals surface area contributed by atoms with Crippen LogP contribution in [0.5, 0.6) is 0 Å². The lowest BCUT2D eigenvalue weighted by Gasteiger charge is -2.06. The molecule has 1 N–H and O–H groups in total. The minimum absolute atomic E-state index is 0.168. The summed E-state index contributed by atoms with van der Waals surface area (Å²) in [6, 6.07) is 25.4. The normalized spacial score (nSPS) is 10.8. The summed E-state index contributed by atoms with van der Waals surface area (Å²) >= 11 is 1.34. The van der Waals surface area contributed by atoms with Gasteiger partial charge in [-0.3, -0.25) is 4.79 Å². The molecule has 7 heteroatoms. The van der Waals surface area contributed by atoms with Crippen LogP contribution in [0.3, 0.4) is 0 Å². The molecule has 0 bridgehead atoms. The molecule has 6 nitrogen and oxygen atoms in total. The summed E-state index contributed by atoms with van der Waals surface area (Å²) in [5.41, 5.74) is 3.68. The number of nitriles is 1. The van der Waals surface area contributed by atoms with Gasteiger partial charge in [-0.2, -0.15) is 10.4 Å². The maximum Gasteiger partial charge on any atom is 0.234 e. The van der Waals surface area contributed by atoms with Gasteiger partial charge in [0.2, 0.25) is 5.91 Å². The Hall–Kier alpha value is -4.15. The zero-order valence-corrected chi connectivity index (χ0v) is 17.7. The van der Waals surface area contributed by atoms with Gasteiger partial charge in [-0.25, -0.2) is 9.50 Å². The van der Waals surface area contributed by atoms with E-state index in [1.807, 2.05) is 24.3 Å². The lowest BCUT2D eigenvalue weighted by Crippen LogP contribution is -2.15. The van der Waals surface area contributed by atoms with Gasteiger partial charge >= 0.3 is 0 Å². The highest BCUT2D eigenvalue weighted by molar-refractivity contribution is 8.00. The predicted octanol–water partition coefficient (Wildman–Crippen LogP) is 5.15. The number of fused-ring (bicyclic) bond motifs is 2. The van der Waals surface area contributed by atoms with E-state index in [0.717, 1.165) is 32.6 Å². The Morgan fingerprint density at radius 3 is 2.78 bits per heavy atom. The number of hydrogen-bond donors (Lipinski definition) is 1. The van der Waals surface area contributed by atoms with Crippen LogP contribution >= 0.6 is 11.8 Å². The van der Waals surface area contributed by atoms with Crippen LogP contribution < -0.4 is 5.32 Å². The van der Waals surface area contributed by atoms with Gasteiger partial charge in [0, 0.05) is 18.0 Å². The largest absolute Gasteiger partial charge is 0.324 e. The maximum atomic E-state index is 12.5. The van der Waals surface area contributed by atoms with Gasteiger partial charge in [0.1, 0.15) is 11.1 Å².